The molecule has 6 nitrogen and oxygen atoms in total. The maximum absolute atomic E-state index is 12.2. The van der Waals surface area contributed by atoms with Crippen molar-refractivity contribution in [2.75, 3.05) is 10.6 Å². The molecule has 1 amide bonds. The van der Waals surface area contributed by atoms with Crippen molar-refractivity contribution < 1.29 is 14.7 Å². The molecule has 0 fully saturated rings. The molecule has 0 aliphatic rings. The molecule has 0 atom stereocenters. The molecule has 0 spiro atoms. The molecule has 3 N–H and O–H groups in total. The Hall–Kier alpha value is -3.45. The van der Waals surface area contributed by atoms with Crippen LogP contribution in [0.25, 0.3) is 6.08 Å². The minimum Gasteiger partial charge on any atom is -0.476 e. The number of nitrogens with zero attached hydrogens (tertiary/aromatic N) is 1. The highest BCUT2D eigenvalue weighted by Crippen LogP contribution is 2.18. The molecule has 27 heavy (non-hydrogen) atoms. The predicted octanol–water partition coefficient (Wildman–Crippen LogP) is 4.35. The van der Waals surface area contributed by atoms with Crippen LogP contribution in [-0.2, 0) is 6.54 Å². The Labute approximate surface area is 160 Å². The van der Waals surface area contributed by atoms with Gasteiger partial charge >= 0.3 is 5.97 Å². The quantitative estimate of drug-likeness (QED) is 0.568. The number of carbonyl (C=O) groups excluding carboxylic acids is 1. The summed E-state index contributed by atoms with van der Waals surface area (Å²) < 4.78 is 0. The number of hydrogen-bond donors (Lipinski definition) is 3. The van der Waals surface area contributed by atoms with Gasteiger partial charge in [-0.05, 0) is 29.3 Å². The van der Waals surface area contributed by atoms with E-state index in [4.69, 9.17) is 5.11 Å². The smallest absolute Gasteiger partial charge is 0.355 e. The standard InChI is InChI=1S/C20H17N3O3S/c1-2-14-5-3-4-6-16(14)21-11-13-7-9-15(10-8-13)18(24)23-20-22-17(12-27-20)19(25)26/h2-10,12,21H,1,11H2,(H,25,26)(H,22,23,24). The van der Waals surface area contributed by atoms with Crippen molar-refractivity contribution in [1.82, 2.24) is 4.98 Å². The third kappa shape index (κ3) is 4.59. The fraction of sp³-hybridized carbons (Fsp3) is 0.0500. The Morgan fingerprint density at radius 3 is 2.56 bits per heavy atom. The summed E-state index contributed by atoms with van der Waals surface area (Å²) >= 11 is 1.07. The lowest BCUT2D eigenvalue weighted by atomic mass is 10.1. The fourth-order valence-corrected chi connectivity index (χ4v) is 3.09. The van der Waals surface area contributed by atoms with Gasteiger partial charge in [-0.15, -0.1) is 11.3 Å². The zero-order chi connectivity index (χ0) is 19.2. The van der Waals surface area contributed by atoms with Crippen molar-refractivity contribution in [1.29, 1.82) is 0 Å². The number of thiazole rings is 1. The number of anilines is 2. The molecule has 0 aliphatic carbocycles. The molecule has 3 aromatic rings. The van der Waals surface area contributed by atoms with E-state index in [2.05, 4.69) is 22.2 Å². The molecule has 1 heterocycles. The SMILES string of the molecule is C=Cc1ccccc1NCc1ccc(C(=O)Nc2nc(C(=O)O)cs2)cc1. The Morgan fingerprint density at radius 1 is 1.15 bits per heavy atom. The van der Waals surface area contributed by atoms with E-state index in [0.717, 1.165) is 28.2 Å². The van der Waals surface area contributed by atoms with Gasteiger partial charge in [-0.25, -0.2) is 9.78 Å². The minimum atomic E-state index is -1.12. The van der Waals surface area contributed by atoms with Crippen molar-refractivity contribution in [3.63, 3.8) is 0 Å². The predicted molar refractivity (Wildman–Crippen MR) is 107 cm³/mol. The molecule has 0 aliphatic heterocycles. The van der Waals surface area contributed by atoms with Crippen LogP contribution in [-0.4, -0.2) is 22.0 Å². The van der Waals surface area contributed by atoms with Crippen LogP contribution >= 0.6 is 11.3 Å². The van der Waals surface area contributed by atoms with Crippen molar-refractivity contribution in [2.45, 2.75) is 6.54 Å². The first-order valence-electron chi connectivity index (χ1n) is 8.11. The van der Waals surface area contributed by atoms with Gasteiger partial charge in [0.25, 0.3) is 5.91 Å². The van der Waals surface area contributed by atoms with Crippen molar-refractivity contribution in [3.8, 4) is 0 Å². The summed E-state index contributed by atoms with van der Waals surface area (Å²) in [6, 6.07) is 15.0. The Bertz CT molecular complexity index is 980. The van der Waals surface area contributed by atoms with E-state index in [1.165, 1.54) is 5.38 Å². The molecule has 0 radical (unpaired) electrons. The number of benzene rings is 2. The molecule has 2 aromatic carbocycles. The third-order valence-electron chi connectivity index (χ3n) is 3.82. The number of amides is 1. The molecular weight excluding hydrogens is 362 g/mol. The van der Waals surface area contributed by atoms with Gasteiger partial charge in [0.1, 0.15) is 0 Å². The molecule has 136 valence electrons. The molecular formula is C20H17N3O3S. The molecule has 0 saturated heterocycles. The zero-order valence-electron chi connectivity index (χ0n) is 14.3. The van der Waals surface area contributed by atoms with Crippen LogP contribution in [0.4, 0.5) is 10.8 Å². The zero-order valence-corrected chi connectivity index (χ0v) is 15.1. The van der Waals surface area contributed by atoms with Crippen LogP contribution in [0.5, 0.6) is 0 Å². The summed E-state index contributed by atoms with van der Waals surface area (Å²) in [6.07, 6.45) is 1.80. The van der Waals surface area contributed by atoms with E-state index < -0.39 is 5.97 Å². The van der Waals surface area contributed by atoms with Crippen LogP contribution in [0.3, 0.4) is 0 Å². The number of para-hydroxylation sites is 1. The van der Waals surface area contributed by atoms with Crippen molar-refractivity contribution in [3.05, 3.63) is 82.9 Å². The van der Waals surface area contributed by atoms with Gasteiger partial charge in [-0.2, -0.15) is 0 Å². The molecule has 7 heteroatoms. The molecule has 3 rings (SSSR count). The molecule has 0 bridgehead atoms. The second-order valence-corrected chi connectivity index (χ2v) is 6.50. The van der Waals surface area contributed by atoms with Crippen LogP contribution in [0.15, 0.2) is 60.5 Å². The van der Waals surface area contributed by atoms with E-state index in [9.17, 15) is 9.59 Å². The number of aromatic carboxylic acids is 1. The summed E-state index contributed by atoms with van der Waals surface area (Å²) in [5.74, 6) is -1.46. The molecule has 0 saturated carbocycles. The average molecular weight is 379 g/mol. The summed E-state index contributed by atoms with van der Waals surface area (Å²) in [7, 11) is 0. The van der Waals surface area contributed by atoms with E-state index in [0.29, 0.717) is 12.1 Å². The summed E-state index contributed by atoms with van der Waals surface area (Å²) in [5, 5.41) is 16.5. The number of carboxylic acids is 1. The van der Waals surface area contributed by atoms with Crippen LogP contribution in [0, 0.1) is 0 Å². The van der Waals surface area contributed by atoms with E-state index in [-0.39, 0.29) is 16.7 Å². The summed E-state index contributed by atoms with van der Waals surface area (Å²) in [4.78, 5) is 26.9. The lowest BCUT2D eigenvalue weighted by Crippen LogP contribution is -2.12. The monoisotopic (exact) mass is 379 g/mol. The lowest BCUT2D eigenvalue weighted by Gasteiger charge is -2.10. The number of hydrogen-bond acceptors (Lipinski definition) is 5. The number of rotatable bonds is 7. The summed E-state index contributed by atoms with van der Waals surface area (Å²) in [6.45, 7) is 4.41. The number of nitrogens with one attached hydrogen (secondary N) is 2. The highest BCUT2D eigenvalue weighted by atomic mass is 32.1. The minimum absolute atomic E-state index is 0.0865. The summed E-state index contributed by atoms with van der Waals surface area (Å²) in [5.41, 5.74) is 3.42. The van der Waals surface area contributed by atoms with Gasteiger partial charge in [0, 0.05) is 23.2 Å². The van der Waals surface area contributed by atoms with Gasteiger partial charge in [0.15, 0.2) is 10.8 Å². The normalized spacial score (nSPS) is 10.2. The van der Waals surface area contributed by atoms with Gasteiger partial charge in [0.05, 0.1) is 0 Å². The van der Waals surface area contributed by atoms with E-state index in [1.54, 1.807) is 18.2 Å². The Kier molecular flexibility index (Phi) is 5.63. The van der Waals surface area contributed by atoms with E-state index in [1.807, 2.05) is 36.4 Å². The molecule has 0 unspecified atom stereocenters. The highest BCUT2D eigenvalue weighted by molar-refractivity contribution is 7.14. The lowest BCUT2D eigenvalue weighted by molar-refractivity contribution is 0.0691. The topological polar surface area (TPSA) is 91.3 Å². The van der Waals surface area contributed by atoms with Gasteiger partial charge in [-0.1, -0.05) is 43.0 Å². The Morgan fingerprint density at radius 2 is 1.89 bits per heavy atom. The van der Waals surface area contributed by atoms with Crippen LogP contribution in [0.2, 0.25) is 0 Å². The van der Waals surface area contributed by atoms with E-state index >= 15 is 0 Å². The largest absolute Gasteiger partial charge is 0.476 e. The first-order chi connectivity index (χ1) is 13.1. The van der Waals surface area contributed by atoms with Crippen LogP contribution < -0.4 is 10.6 Å². The van der Waals surface area contributed by atoms with Gasteiger partial charge in [-0.3, -0.25) is 10.1 Å². The second kappa shape index (κ2) is 8.29. The Balaban J connectivity index is 1.61. The van der Waals surface area contributed by atoms with Crippen molar-refractivity contribution >= 4 is 40.1 Å². The third-order valence-corrected chi connectivity index (χ3v) is 4.58. The van der Waals surface area contributed by atoms with Crippen LogP contribution in [0.1, 0.15) is 32.0 Å². The maximum Gasteiger partial charge on any atom is 0.355 e. The highest BCUT2D eigenvalue weighted by Gasteiger charge is 2.12. The molecule has 1 aromatic heterocycles. The first-order valence-corrected chi connectivity index (χ1v) is 8.99. The fourth-order valence-electron chi connectivity index (χ4n) is 2.41. The van der Waals surface area contributed by atoms with Crippen molar-refractivity contribution in [2.24, 2.45) is 0 Å². The number of carboxylic acid groups (broad SMARTS) is 1. The van der Waals surface area contributed by atoms with Gasteiger partial charge in [0.2, 0.25) is 0 Å². The number of aromatic nitrogens is 1. The van der Waals surface area contributed by atoms with Gasteiger partial charge < -0.3 is 10.4 Å². The first kappa shape index (κ1) is 18.3. The second-order valence-electron chi connectivity index (χ2n) is 5.64. The maximum atomic E-state index is 12.2. The number of carbonyl (C=O) groups is 2. The average Bonchev–Trinajstić information content (AvgIpc) is 3.16.